The molecule has 4 aliphatic carbocycles. The first-order valence-electron chi connectivity index (χ1n) is 12.6. The van der Waals surface area contributed by atoms with Crippen LogP contribution in [0.25, 0.3) is 0 Å². The molecule has 0 saturated heterocycles. The zero-order chi connectivity index (χ0) is 21.0. The Labute approximate surface area is 184 Å². The Morgan fingerprint density at radius 2 is 1.79 bits per heavy atom. The normalized spacial score (nSPS) is 45.4. The largest absolute Gasteiger partial charge is 0.295 e. The molecule has 3 fully saturated rings. The third-order valence-corrected chi connectivity index (χ3v) is 10.5. The van der Waals surface area contributed by atoms with E-state index in [-0.39, 0.29) is 16.7 Å². The van der Waals surface area contributed by atoms with E-state index in [4.69, 9.17) is 11.6 Å². The van der Waals surface area contributed by atoms with Crippen molar-refractivity contribution in [2.75, 3.05) is 0 Å². The summed E-state index contributed by atoms with van der Waals surface area (Å²) in [5.74, 6) is 4.33. The summed E-state index contributed by atoms with van der Waals surface area (Å²) in [6.45, 7) is 12.2. The molecule has 29 heavy (non-hydrogen) atoms. The van der Waals surface area contributed by atoms with Crippen molar-refractivity contribution in [2.45, 2.75) is 104 Å². The minimum atomic E-state index is 0.228. The molecule has 0 bridgehead atoms. The lowest BCUT2D eigenvalue weighted by Crippen LogP contribution is -2.53. The maximum absolute atomic E-state index is 13.4. The van der Waals surface area contributed by atoms with Gasteiger partial charge in [-0.3, -0.25) is 4.79 Å². The number of hydrogen-bond donors (Lipinski definition) is 0. The molecule has 0 amide bonds. The summed E-state index contributed by atoms with van der Waals surface area (Å²) in [5.41, 5.74) is 1.99. The maximum Gasteiger partial charge on any atom is 0.159 e. The van der Waals surface area contributed by atoms with Crippen molar-refractivity contribution < 1.29 is 4.79 Å². The molecular weight excluding hydrogens is 376 g/mol. The zero-order valence-corrected chi connectivity index (χ0v) is 20.2. The second kappa shape index (κ2) is 7.99. The van der Waals surface area contributed by atoms with E-state index in [9.17, 15) is 4.79 Å². The van der Waals surface area contributed by atoms with Gasteiger partial charge in [-0.15, -0.1) is 11.6 Å². The molecule has 0 unspecified atom stereocenters. The fourth-order valence-corrected chi connectivity index (χ4v) is 8.66. The van der Waals surface area contributed by atoms with E-state index in [0.29, 0.717) is 23.0 Å². The highest BCUT2D eigenvalue weighted by atomic mass is 35.5. The average Bonchev–Trinajstić information content (AvgIpc) is 3.00. The highest BCUT2D eigenvalue weighted by Gasteiger charge is 2.61. The molecule has 0 radical (unpaired) electrons. The molecule has 2 heteroatoms. The summed E-state index contributed by atoms with van der Waals surface area (Å²) in [5, 5.41) is 0.232. The summed E-state index contributed by atoms with van der Waals surface area (Å²) in [7, 11) is 0. The van der Waals surface area contributed by atoms with Gasteiger partial charge in [0.2, 0.25) is 0 Å². The monoisotopic (exact) mass is 418 g/mol. The first kappa shape index (κ1) is 21.9. The average molecular weight is 419 g/mol. The number of carbonyl (C=O) groups excluding carboxylic acids is 1. The second-order valence-electron chi connectivity index (χ2n) is 12.1. The van der Waals surface area contributed by atoms with Gasteiger partial charge in [-0.05, 0) is 91.4 Å². The highest BCUT2D eigenvalue weighted by Crippen LogP contribution is 2.66. The number of alkyl halides is 1. The summed E-state index contributed by atoms with van der Waals surface area (Å²) >= 11 is 6.50. The van der Waals surface area contributed by atoms with Crippen LogP contribution in [-0.2, 0) is 4.79 Å². The van der Waals surface area contributed by atoms with Gasteiger partial charge in [0.05, 0.1) is 0 Å². The van der Waals surface area contributed by atoms with E-state index in [1.807, 2.05) is 0 Å². The molecule has 164 valence electrons. The van der Waals surface area contributed by atoms with E-state index < -0.39 is 0 Å². The molecule has 0 aromatic heterocycles. The van der Waals surface area contributed by atoms with Crippen molar-refractivity contribution in [1.82, 2.24) is 0 Å². The maximum atomic E-state index is 13.4. The summed E-state index contributed by atoms with van der Waals surface area (Å²) in [4.78, 5) is 13.4. The molecule has 8 atom stereocenters. The molecule has 0 aliphatic heterocycles. The molecule has 4 rings (SSSR count). The van der Waals surface area contributed by atoms with Crippen LogP contribution in [0.1, 0.15) is 98.8 Å². The zero-order valence-electron chi connectivity index (χ0n) is 19.5. The molecule has 4 aliphatic rings. The van der Waals surface area contributed by atoms with Crippen molar-refractivity contribution in [1.29, 1.82) is 0 Å². The van der Waals surface area contributed by atoms with Crippen LogP contribution < -0.4 is 0 Å². The Morgan fingerprint density at radius 1 is 1.03 bits per heavy atom. The molecule has 0 aromatic rings. The van der Waals surface area contributed by atoms with E-state index in [1.54, 1.807) is 0 Å². The minimum Gasteiger partial charge on any atom is -0.295 e. The number of halogens is 1. The quantitative estimate of drug-likeness (QED) is 0.416. The third kappa shape index (κ3) is 3.66. The van der Waals surface area contributed by atoms with Crippen LogP contribution in [0, 0.1) is 46.3 Å². The Balaban J connectivity index is 1.54. The SMILES string of the molecule is CC(C)CCC[C@@H](C)[C@H]1CC[C@H]2[C@@H]3C(=O)C=C4C[C@@H](Cl)CC[C@]4(C)[C@H]3CC[C@]12C. The Hall–Kier alpha value is -0.300. The molecule has 0 heterocycles. The van der Waals surface area contributed by atoms with Gasteiger partial charge >= 0.3 is 0 Å². The smallest absolute Gasteiger partial charge is 0.159 e. The lowest BCUT2D eigenvalue weighted by atomic mass is 9.46. The summed E-state index contributed by atoms with van der Waals surface area (Å²) < 4.78 is 0. The lowest BCUT2D eigenvalue weighted by molar-refractivity contribution is -0.134. The fraction of sp³-hybridized carbons (Fsp3) is 0.889. The van der Waals surface area contributed by atoms with Gasteiger partial charge in [-0.1, -0.05) is 59.5 Å². The molecular formula is C27H43ClO. The Bertz CT molecular complexity index is 665. The Morgan fingerprint density at radius 3 is 2.52 bits per heavy atom. The number of hydrogen-bond acceptors (Lipinski definition) is 1. The van der Waals surface area contributed by atoms with E-state index >= 15 is 0 Å². The van der Waals surface area contributed by atoms with Crippen molar-refractivity contribution in [2.24, 2.45) is 46.3 Å². The van der Waals surface area contributed by atoms with Gasteiger partial charge in [0.15, 0.2) is 5.78 Å². The van der Waals surface area contributed by atoms with Crippen LogP contribution in [0.3, 0.4) is 0 Å². The third-order valence-electron chi connectivity index (χ3n) is 10.1. The summed E-state index contributed by atoms with van der Waals surface area (Å²) in [6, 6.07) is 0. The topological polar surface area (TPSA) is 17.1 Å². The van der Waals surface area contributed by atoms with Gasteiger partial charge in [0.1, 0.15) is 0 Å². The first-order valence-corrected chi connectivity index (χ1v) is 13.0. The van der Waals surface area contributed by atoms with Crippen molar-refractivity contribution in [3.05, 3.63) is 11.6 Å². The fourth-order valence-electron chi connectivity index (χ4n) is 8.38. The number of ketones is 1. The predicted molar refractivity (Wildman–Crippen MR) is 123 cm³/mol. The van der Waals surface area contributed by atoms with Crippen LogP contribution in [-0.4, -0.2) is 11.2 Å². The van der Waals surface area contributed by atoms with E-state index in [1.165, 1.54) is 56.9 Å². The van der Waals surface area contributed by atoms with E-state index in [2.05, 4.69) is 40.7 Å². The molecule has 0 spiro atoms. The number of rotatable bonds is 5. The lowest BCUT2D eigenvalue weighted by Gasteiger charge is -2.57. The number of fused-ring (bicyclic) bond motifs is 5. The van der Waals surface area contributed by atoms with Crippen LogP contribution in [0.2, 0.25) is 0 Å². The Kier molecular flexibility index (Phi) is 6.04. The molecule has 3 saturated carbocycles. The van der Waals surface area contributed by atoms with E-state index in [0.717, 1.165) is 30.6 Å². The van der Waals surface area contributed by atoms with Crippen LogP contribution in [0.4, 0.5) is 0 Å². The molecule has 1 nitrogen and oxygen atoms in total. The van der Waals surface area contributed by atoms with Gasteiger partial charge in [-0.2, -0.15) is 0 Å². The standard InChI is InChI=1S/C27H43ClO/c1-17(2)7-6-8-18(3)21-9-10-22-25-23(12-14-27(21,22)5)26(4)13-11-20(28)15-19(26)16-24(25)29/h16-18,20-23,25H,6-15H2,1-5H3/t18-,20+,21-,22+,23+,25+,26+,27-/m1/s1. The van der Waals surface area contributed by atoms with Crippen molar-refractivity contribution >= 4 is 17.4 Å². The number of allylic oxidation sites excluding steroid dienone is 2. The van der Waals surface area contributed by atoms with Crippen molar-refractivity contribution in [3.8, 4) is 0 Å². The van der Waals surface area contributed by atoms with Gasteiger partial charge in [0, 0.05) is 11.3 Å². The van der Waals surface area contributed by atoms with Gasteiger partial charge in [-0.25, -0.2) is 0 Å². The van der Waals surface area contributed by atoms with Crippen LogP contribution in [0.15, 0.2) is 11.6 Å². The molecule has 0 aromatic carbocycles. The minimum absolute atomic E-state index is 0.228. The number of carbonyl (C=O) groups is 1. The van der Waals surface area contributed by atoms with Crippen molar-refractivity contribution in [3.63, 3.8) is 0 Å². The van der Waals surface area contributed by atoms with Crippen LogP contribution >= 0.6 is 11.6 Å². The highest BCUT2D eigenvalue weighted by molar-refractivity contribution is 6.20. The second-order valence-corrected chi connectivity index (χ2v) is 12.7. The summed E-state index contributed by atoms with van der Waals surface area (Å²) in [6.07, 6.45) is 14.6. The first-order chi connectivity index (χ1) is 13.7. The van der Waals surface area contributed by atoms with Crippen LogP contribution in [0.5, 0.6) is 0 Å². The van der Waals surface area contributed by atoms with Gasteiger partial charge in [0.25, 0.3) is 0 Å². The van der Waals surface area contributed by atoms with Gasteiger partial charge < -0.3 is 0 Å². The predicted octanol–water partition coefficient (Wildman–Crippen LogP) is 7.81. The molecule has 0 N–H and O–H groups in total.